The second-order valence-electron chi connectivity index (χ2n) is 8.40. The minimum atomic E-state index is -4.08. The van der Waals surface area contributed by atoms with Crippen LogP contribution in [0.1, 0.15) is 5.56 Å². The van der Waals surface area contributed by atoms with Gasteiger partial charge in [-0.25, -0.2) is 17.2 Å². The van der Waals surface area contributed by atoms with Crippen LogP contribution in [0.4, 0.5) is 8.78 Å². The first kappa shape index (κ1) is 23.7. The van der Waals surface area contributed by atoms with Crippen molar-refractivity contribution in [3.05, 3.63) is 65.7 Å². The molecule has 2 aromatic carbocycles. The molecule has 0 radical (unpaired) electrons. The van der Waals surface area contributed by atoms with Gasteiger partial charge < -0.3 is 4.90 Å². The summed E-state index contributed by atoms with van der Waals surface area (Å²) >= 11 is 0. The van der Waals surface area contributed by atoms with E-state index in [0.29, 0.717) is 12.6 Å². The molecule has 10 heteroatoms. The standard InChI is InChI=1S/C23H28F2N4O3S/c24-20-6-7-22(21(25)16-20)33(31,32)29-14-12-28(13-15-29)23(30)18-27-10-8-26(9-11-27)17-19-4-2-1-3-5-19/h1-7,16H,8-15,17-18H2. The van der Waals surface area contributed by atoms with E-state index in [4.69, 9.17) is 0 Å². The second kappa shape index (κ2) is 10.3. The molecule has 0 aliphatic carbocycles. The smallest absolute Gasteiger partial charge is 0.246 e. The van der Waals surface area contributed by atoms with E-state index in [9.17, 15) is 22.0 Å². The average Bonchev–Trinajstić information content (AvgIpc) is 2.81. The fraction of sp³-hybridized carbons (Fsp3) is 0.435. The van der Waals surface area contributed by atoms with Gasteiger partial charge in [-0.15, -0.1) is 0 Å². The fourth-order valence-corrected chi connectivity index (χ4v) is 5.71. The predicted octanol–water partition coefficient (Wildman–Crippen LogP) is 1.62. The molecule has 4 rings (SSSR count). The molecule has 2 heterocycles. The maximum absolute atomic E-state index is 14.0. The van der Waals surface area contributed by atoms with Crippen molar-refractivity contribution in [1.82, 2.24) is 19.0 Å². The van der Waals surface area contributed by atoms with Gasteiger partial charge in [-0.1, -0.05) is 30.3 Å². The maximum atomic E-state index is 14.0. The summed E-state index contributed by atoms with van der Waals surface area (Å²) in [5.41, 5.74) is 1.27. The summed E-state index contributed by atoms with van der Waals surface area (Å²) in [6.07, 6.45) is 0. The van der Waals surface area contributed by atoms with Crippen LogP contribution in [0.5, 0.6) is 0 Å². The van der Waals surface area contributed by atoms with E-state index in [1.165, 1.54) is 5.56 Å². The third-order valence-electron chi connectivity index (χ3n) is 6.18. The van der Waals surface area contributed by atoms with Crippen LogP contribution in [0, 0.1) is 11.6 Å². The molecule has 1 amide bonds. The minimum absolute atomic E-state index is 0.0310. The number of benzene rings is 2. The van der Waals surface area contributed by atoms with Crippen molar-refractivity contribution in [1.29, 1.82) is 0 Å². The monoisotopic (exact) mass is 478 g/mol. The Bertz CT molecular complexity index is 1070. The molecule has 0 unspecified atom stereocenters. The number of sulfonamides is 1. The van der Waals surface area contributed by atoms with Crippen LogP contribution in [0.2, 0.25) is 0 Å². The zero-order valence-corrected chi connectivity index (χ0v) is 19.2. The number of hydrogen-bond donors (Lipinski definition) is 0. The Balaban J connectivity index is 1.24. The van der Waals surface area contributed by atoms with Crippen LogP contribution in [0.25, 0.3) is 0 Å². The highest BCUT2D eigenvalue weighted by atomic mass is 32.2. The van der Waals surface area contributed by atoms with Crippen LogP contribution < -0.4 is 0 Å². The molecular weight excluding hydrogens is 450 g/mol. The molecule has 0 aromatic heterocycles. The number of piperazine rings is 2. The van der Waals surface area contributed by atoms with Gasteiger partial charge in [0.15, 0.2) is 0 Å². The van der Waals surface area contributed by atoms with Crippen molar-refractivity contribution in [2.24, 2.45) is 0 Å². The Kier molecular flexibility index (Phi) is 7.38. The highest BCUT2D eigenvalue weighted by molar-refractivity contribution is 7.89. The number of amides is 1. The zero-order valence-electron chi connectivity index (χ0n) is 18.4. The molecule has 2 aliphatic rings. The Morgan fingerprint density at radius 1 is 0.818 bits per heavy atom. The van der Waals surface area contributed by atoms with Gasteiger partial charge >= 0.3 is 0 Å². The minimum Gasteiger partial charge on any atom is -0.339 e. The van der Waals surface area contributed by atoms with Crippen molar-refractivity contribution in [3.63, 3.8) is 0 Å². The molecule has 178 valence electrons. The molecule has 33 heavy (non-hydrogen) atoms. The molecule has 0 spiro atoms. The molecule has 0 N–H and O–H groups in total. The van der Waals surface area contributed by atoms with E-state index in [1.807, 2.05) is 18.2 Å². The lowest BCUT2D eigenvalue weighted by molar-refractivity contribution is -0.134. The first-order valence-corrected chi connectivity index (χ1v) is 12.5. The third kappa shape index (κ3) is 5.75. The van der Waals surface area contributed by atoms with E-state index in [-0.39, 0.29) is 32.1 Å². The van der Waals surface area contributed by atoms with Crippen molar-refractivity contribution < 1.29 is 22.0 Å². The molecular formula is C23H28F2N4O3S. The van der Waals surface area contributed by atoms with Gasteiger partial charge in [-0.2, -0.15) is 4.31 Å². The van der Waals surface area contributed by atoms with Crippen LogP contribution >= 0.6 is 0 Å². The van der Waals surface area contributed by atoms with Crippen LogP contribution in [-0.4, -0.2) is 92.2 Å². The Labute approximate surface area is 193 Å². The molecule has 0 saturated carbocycles. The fourth-order valence-electron chi connectivity index (χ4n) is 4.24. The summed E-state index contributed by atoms with van der Waals surface area (Å²) in [6, 6.07) is 12.7. The predicted molar refractivity (Wildman–Crippen MR) is 120 cm³/mol. The highest BCUT2D eigenvalue weighted by Crippen LogP contribution is 2.21. The first-order chi connectivity index (χ1) is 15.8. The summed E-state index contributed by atoms with van der Waals surface area (Å²) in [4.78, 5) is 18.4. The SMILES string of the molecule is O=C(CN1CCN(Cc2ccccc2)CC1)N1CCN(S(=O)(=O)c2ccc(F)cc2F)CC1. The van der Waals surface area contributed by atoms with Gasteiger partial charge in [0.1, 0.15) is 16.5 Å². The molecule has 2 saturated heterocycles. The van der Waals surface area contributed by atoms with Crippen molar-refractivity contribution in [2.45, 2.75) is 11.4 Å². The normalized spacial score (nSPS) is 19.0. The van der Waals surface area contributed by atoms with E-state index in [1.54, 1.807) is 4.90 Å². The Morgan fingerprint density at radius 3 is 2.09 bits per heavy atom. The highest BCUT2D eigenvalue weighted by Gasteiger charge is 2.32. The van der Waals surface area contributed by atoms with Crippen molar-refractivity contribution in [3.8, 4) is 0 Å². The van der Waals surface area contributed by atoms with Crippen LogP contribution in [0.3, 0.4) is 0 Å². The Hall–Kier alpha value is -2.40. The maximum Gasteiger partial charge on any atom is 0.246 e. The number of hydrogen-bond acceptors (Lipinski definition) is 5. The van der Waals surface area contributed by atoms with E-state index < -0.39 is 26.6 Å². The first-order valence-electron chi connectivity index (χ1n) is 11.0. The van der Waals surface area contributed by atoms with E-state index >= 15 is 0 Å². The second-order valence-corrected chi connectivity index (χ2v) is 10.3. The summed E-state index contributed by atoms with van der Waals surface area (Å²) in [5, 5.41) is 0. The van der Waals surface area contributed by atoms with E-state index in [0.717, 1.165) is 49.2 Å². The van der Waals surface area contributed by atoms with Crippen molar-refractivity contribution in [2.75, 3.05) is 58.9 Å². The molecule has 2 aromatic rings. The van der Waals surface area contributed by atoms with Crippen LogP contribution in [-0.2, 0) is 21.4 Å². The number of rotatable bonds is 6. The van der Waals surface area contributed by atoms with Gasteiger partial charge in [0.25, 0.3) is 0 Å². The lowest BCUT2D eigenvalue weighted by Gasteiger charge is -2.37. The van der Waals surface area contributed by atoms with Gasteiger partial charge in [0, 0.05) is 65.0 Å². The van der Waals surface area contributed by atoms with Gasteiger partial charge in [-0.3, -0.25) is 14.6 Å². The average molecular weight is 479 g/mol. The molecule has 0 bridgehead atoms. The number of carbonyl (C=O) groups excluding carboxylic acids is 1. The van der Waals surface area contributed by atoms with E-state index in [2.05, 4.69) is 21.9 Å². The number of carbonyl (C=O) groups is 1. The number of nitrogens with zero attached hydrogens (tertiary/aromatic N) is 4. The summed E-state index contributed by atoms with van der Waals surface area (Å²) < 4.78 is 53.7. The van der Waals surface area contributed by atoms with Gasteiger partial charge in [-0.05, 0) is 17.7 Å². The van der Waals surface area contributed by atoms with Gasteiger partial charge in [0.05, 0.1) is 6.54 Å². The van der Waals surface area contributed by atoms with Crippen LogP contribution in [0.15, 0.2) is 53.4 Å². The summed E-state index contributed by atoms with van der Waals surface area (Å²) in [5.74, 6) is -1.97. The summed E-state index contributed by atoms with van der Waals surface area (Å²) in [6.45, 7) is 5.23. The Morgan fingerprint density at radius 2 is 1.45 bits per heavy atom. The van der Waals surface area contributed by atoms with Gasteiger partial charge in [0.2, 0.25) is 15.9 Å². The number of halogens is 2. The molecule has 7 nitrogen and oxygen atoms in total. The van der Waals surface area contributed by atoms with Crippen molar-refractivity contribution >= 4 is 15.9 Å². The molecule has 0 atom stereocenters. The lowest BCUT2D eigenvalue weighted by Crippen LogP contribution is -2.54. The molecule has 2 aliphatic heterocycles. The zero-order chi connectivity index (χ0) is 23.4. The topological polar surface area (TPSA) is 64.2 Å². The largest absolute Gasteiger partial charge is 0.339 e. The lowest BCUT2D eigenvalue weighted by atomic mass is 10.2. The molecule has 2 fully saturated rings. The quantitative estimate of drug-likeness (QED) is 0.632. The summed E-state index contributed by atoms with van der Waals surface area (Å²) in [7, 11) is -4.08. The third-order valence-corrected chi connectivity index (χ3v) is 8.11.